The molecule has 33 heavy (non-hydrogen) atoms. The van der Waals surface area contributed by atoms with Crippen LogP contribution in [0, 0.1) is 0 Å². The molecule has 172 valence electrons. The molecular weight excluding hydrogens is 438 g/mol. The van der Waals surface area contributed by atoms with Crippen LogP contribution in [-0.2, 0) is 14.8 Å². The number of rotatable bonds is 6. The summed E-state index contributed by atoms with van der Waals surface area (Å²) in [5, 5.41) is 2.86. The van der Waals surface area contributed by atoms with Crippen molar-refractivity contribution in [1.29, 1.82) is 0 Å². The van der Waals surface area contributed by atoms with Crippen molar-refractivity contribution < 1.29 is 17.9 Å². The summed E-state index contributed by atoms with van der Waals surface area (Å²) in [5.74, 6) is -0.309. The van der Waals surface area contributed by atoms with Crippen LogP contribution in [0.2, 0.25) is 0 Å². The van der Waals surface area contributed by atoms with E-state index in [1.54, 1.807) is 24.3 Å². The number of hydrogen-bond acceptors (Lipinski definition) is 5. The molecule has 7 nitrogen and oxygen atoms in total. The average Bonchev–Trinajstić information content (AvgIpc) is 2.79. The van der Waals surface area contributed by atoms with E-state index in [9.17, 15) is 13.2 Å². The number of benzene rings is 3. The number of hydrogen-bond donors (Lipinski definition) is 2. The lowest BCUT2D eigenvalue weighted by Crippen LogP contribution is -2.45. The molecule has 0 saturated carbocycles. The molecule has 3 aromatic carbocycles. The van der Waals surface area contributed by atoms with Crippen LogP contribution in [0.5, 0.6) is 0 Å². The van der Waals surface area contributed by atoms with Crippen LogP contribution >= 0.6 is 0 Å². The summed E-state index contributed by atoms with van der Waals surface area (Å²) in [6.07, 6.45) is 0.339. The highest BCUT2D eigenvalue weighted by atomic mass is 32.2. The van der Waals surface area contributed by atoms with Crippen LogP contribution in [0.25, 0.3) is 0 Å². The molecule has 1 amide bonds. The zero-order chi connectivity index (χ0) is 23.4. The van der Waals surface area contributed by atoms with E-state index in [1.165, 1.54) is 24.3 Å². The largest absolute Gasteiger partial charge is 0.372 e. The summed E-state index contributed by atoms with van der Waals surface area (Å²) < 4.78 is 33.4. The van der Waals surface area contributed by atoms with Gasteiger partial charge in [0.1, 0.15) is 0 Å². The van der Waals surface area contributed by atoms with Gasteiger partial charge in [0.2, 0.25) is 0 Å². The van der Waals surface area contributed by atoms with Gasteiger partial charge in [0.15, 0.2) is 0 Å². The van der Waals surface area contributed by atoms with E-state index >= 15 is 0 Å². The van der Waals surface area contributed by atoms with E-state index in [1.807, 2.05) is 30.3 Å². The number of sulfonamides is 1. The normalized spacial score (nSPS) is 18.5. The van der Waals surface area contributed by atoms with Crippen molar-refractivity contribution in [2.45, 2.75) is 31.0 Å². The molecule has 2 N–H and O–H groups in total. The van der Waals surface area contributed by atoms with Crippen LogP contribution < -0.4 is 14.9 Å². The van der Waals surface area contributed by atoms with Crippen LogP contribution in [0.15, 0.2) is 83.8 Å². The Kier molecular flexibility index (Phi) is 6.67. The maximum absolute atomic E-state index is 12.6. The van der Waals surface area contributed by atoms with Gasteiger partial charge < -0.3 is 15.0 Å². The van der Waals surface area contributed by atoms with Gasteiger partial charge in [-0.05, 0) is 74.5 Å². The second-order valence-corrected chi connectivity index (χ2v) is 9.84. The highest BCUT2D eigenvalue weighted by Crippen LogP contribution is 2.23. The Morgan fingerprint density at radius 3 is 2.06 bits per heavy atom. The second kappa shape index (κ2) is 9.64. The highest BCUT2D eigenvalue weighted by Gasteiger charge is 2.22. The molecule has 0 spiro atoms. The van der Waals surface area contributed by atoms with E-state index in [-0.39, 0.29) is 23.0 Å². The lowest BCUT2D eigenvalue weighted by Gasteiger charge is -2.36. The first-order valence-electron chi connectivity index (χ1n) is 10.8. The molecule has 2 unspecified atom stereocenters. The van der Waals surface area contributed by atoms with Gasteiger partial charge in [-0.1, -0.05) is 18.2 Å². The number of morpholine rings is 1. The van der Waals surface area contributed by atoms with Crippen LogP contribution in [0.1, 0.15) is 24.2 Å². The molecule has 1 aliphatic heterocycles. The first-order chi connectivity index (χ1) is 15.8. The zero-order valence-corrected chi connectivity index (χ0v) is 19.4. The summed E-state index contributed by atoms with van der Waals surface area (Å²) in [5.41, 5.74) is 2.59. The van der Waals surface area contributed by atoms with Crippen LogP contribution in [0.4, 0.5) is 17.1 Å². The quantitative estimate of drug-likeness (QED) is 0.565. The molecule has 4 rings (SSSR count). The zero-order valence-electron chi connectivity index (χ0n) is 18.6. The van der Waals surface area contributed by atoms with Crippen molar-refractivity contribution in [3.05, 3.63) is 84.4 Å². The number of nitrogens with one attached hydrogen (secondary N) is 2. The Labute approximate surface area is 194 Å². The third-order valence-electron chi connectivity index (χ3n) is 5.36. The van der Waals surface area contributed by atoms with Gasteiger partial charge in [-0.25, -0.2) is 8.42 Å². The van der Waals surface area contributed by atoms with Crippen molar-refractivity contribution in [1.82, 2.24) is 0 Å². The minimum absolute atomic E-state index is 0.0845. The van der Waals surface area contributed by atoms with Gasteiger partial charge in [-0.3, -0.25) is 9.52 Å². The molecule has 1 aliphatic rings. The molecule has 8 heteroatoms. The second-order valence-electron chi connectivity index (χ2n) is 8.16. The molecule has 0 radical (unpaired) electrons. The smallest absolute Gasteiger partial charge is 0.261 e. The average molecular weight is 466 g/mol. The van der Waals surface area contributed by atoms with Crippen LogP contribution in [-0.4, -0.2) is 39.6 Å². The number of amides is 1. The number of carbonyl (C=O) groups is 1. The standard InChI is InChI=1S/C25H27N3O4S/c1-18-16-28(17-19(2)32-18)23-12-10-21(11-13-23)26-25(29)20-8-14-24(15-9-20)33(30,31)27-22-6-4-3-5-7-22/h3-15,18-19,27H,16-17H2,1-2H3,(H,26,29). The fourth-order valence-electron chi connectivity index (χ4n) is 3.85. The number of ether oxygens (including phenoxy) is 1. The number of carbonyl (C=O) groups excluding carboxylic acids is 1. The number of anilines is 3. The molecule has 0 aromatic heterocycles. The SMILES string of the molecule is CC1CN(c2ccc(NC(=O)c3ccc(S(=O)(=O)Nc4ccccc4)cc3)cc2)CC(C)O1. The summed E-state index contributed by atoms with van der Waals surface area (Å²) in [4.78, 5) is 15.0. The van der Waals surface area contributed by atoms with Gasteiger partial charge in [-0.2, -0.15) is 0 Å². The van der Waals surface area contributed by atoms with Gasteiger partial charge >= 0.3 is 0 Å². The minimum atomic E-state index is -3.73. The maximum Gasteiger partial charge on any atom is 0.261 e. The van der Waals surface area contributed by atoms with E-state index < -0.39 is 10.0 Å². The Bertz CT molecular complexity index is 1190. The number of nitrogens with zero attached hydrogens (tertiary/aromatic N) is 1. The van der Waals surface area contributed by atoms with Gasteiger partial charge in [0.25, 0.3) is 15.9 Å². The maximum atomic E-state index is 12.6. The van der Waals surface area contributed by atoms with Crippen molar-refractivity contribution in [2.75, 3.05) is 28.0 Å². The van der Waals surface area contributed by atoms with Crippen molar-refractivity contribution in [3.63, 3.8) is 0 Å². The van der Waals surface area contributed by atoms with E-state index in [0.29, 0.717) is 16.9 Å². The molecule has 0 aliphatic carbocycles. The van der Waals surface area contributed by atoms with E-state index in [0.717, 1.165) is 18.8 Å². The highest BCUT2D eigenvalue weighted by molar-refractivity contribution is 7.92. The first-order valence-corrected chi connectivity index (χ1v) is 12.3. The van der Waals surface area contributed by atoms with E-state index in [2.05, 4.69) is 28.8 Å². The minimum Gasteiger partial charge on any atom is -0.372 e. The van der Waals surface area contributed by atoms with Gasteiger partial charge in [0, 0.05) is 35.7 Å². The first kappa shape index (κ1) is 22.8. The summed E-state index contributed by atoms with van der Waals surface area (Å²) in [6.45, 7) is 5.77. The van der Waals surface area contributed by atoms with Crippen LogP contribution in [0.3, 0.4) is 0 Å². The summed E-state index contributed by atoms with van der Waals surface area (Å²) in [6, 6.07) is 22.2. The molecular formula is C25H27N3O4S. The third-order valence-corrected chi connectivity index (χ3v) is 6.76. The topological polar surface area (TPSA) is 87.7 Å². The van der Waals surface area contributed by atoms with Gasteiger partial charge in [-0.15, -0.1) is 0 Å². The van der Waals surface area contributed by atoms with E-state index in [4.69, 9.17) is 4.74 Å². The fourth-order valence-corrected chi connectivity index (χ4v) is 4.91. The number of para-hydroxylation sites is 1. The Hall–Kier alpha value is -3.36. The fraction of sp³-hybridized carbons (Fsp3) is 0.240. The molecule has 2 atom stereocenters. The lowest BCUT2D eigenvalue weighted by molar-refractivity contribution is -0.00521. The van der Waals surface area contributed by atoms with Crippen molar-refractivity contribution in [3.8, 4) is 0 Å². The Morgan fingerprint density at radius 2 is 1.45 bits per heavy atom. The third kappa shape index (κ3) is 5.71. The summed E-state index contributed by atoms with van der Waals surface area (Å²) >= 11 is 0. The van der Waals surface area contributed by atoms with Crippen molar-refractivity contribution in [2.24, 2.45) is 0 Å². The van der Waals surface area contributed by atoms with Gasteiger partial charge in [0.05, 0.1) is 17.1 Å². The predicted molar refractivity (Wildman–Crippen MR) is 130 cm³/mol. The lowest BCUT2D eigenvalue weighted by atomic mass is 10.1. The Balaban J connectivity index is 1.39. The molecule has 1 fully saturated rings. The predicted octanol–water partition coefficient (Wildman–Crippen LogP) is 4.35. The molecule has 1 heterocycles. The summed E-state index contributed by atoms with van der Waals surface area (Å²) in [7, 11) is -3.73. The molecule has 1 saturated heterocycles. The molecule has 3 aromatic rings. The van der Waals surface area contributed by atoms with Crippen molar-refractivity contribution >= 4 is 33.0 Å². The monoisotopic (exact) mass is 465 g/mol. The molecule has 0 bridgehead atoms. The Morgan fingerprint density at radius 1 is 0.848 bits per heavy atom.